The summed E-state index contributed by atoms with van der Waals surface area (Å²) in [6.45, 7) is 7.54. The van der Waals surface area contributed by atoms with Gasteiger partial charge in [0, 0.05) is 18.8 Å². The van der Waals surface area contributed by atoms with Crippen molar-refractivity contribution in [2.24, 2.45) is 17.3 Å². The lowest BCUT2D eigenvalue weighted by atomic mass is 9.62. The molecule has 3 heteroatoms. The summed E-state index contributed by atoms with van der Waals surface area (Å²) in [5.74, 6) is 5.83. The van der Waals surface area contributed by atoms with Crippen molar-refractivity contribution in [3.05, 3.63) is 11.6 Å². The number of ether oxygens (including phenoxy) is 1. The van der Waals surface area contributed by atoms with Gasteiger partial charge in [-0.05, 0) is 38.0 Å². The Morgan fingerprint density at radius 2 is 2.29 bits per heavy atom. The van der Waals surface area contributed by atoms with Gasteiger partial charge >= 0.3 is 5.97 Å². The summed E-state index contributed by atoms with van der Waals surface area (Å²) < 4.78 is 5.54. The fourth-order valence-corrected chi connectivity index (χ4v) is 4.23. The normalized spacial score (nSPS) is 34.0. The monoisotopic (exact) mass is 290 g/mol. The quantitative estimate of drug-likeness (QED) is 0.493. The first-order valence-electron chi connectivity index (χ1n) is 7.88. The third-order valence-electron chi connectivity index (χ3n) is 5.28. The zero-order valence-electron chi connectivity index (χ0n) is 13.5. The van der Waals surface area contributed by atoms with Gasteiger partial charge in [0.25, 0.3) is 0 Å². The number of fused-ring (bicyclic) bond motifs is 1. The largest absolute Gasteiger partial charge is 0.462 e. The first-order valence-corrected chi connectivity index (χ1v) is 7.88. The molecule has 2 aliphatic rings. The minimum absolute atomic E-state index is 0.0107. The molecule has 1 fully saturated rings. The van der Waals surface area contributed by atoms with Crippen LogP contribution in [-0.4, -0.2) is 23.3 Å². The molecular weight excluding hydrogens is 264 g/mol. The molecular formula is C18H26O3. The Balaban J connectivity index is 2.20. The van der Waals surface area contributed by atoms with Crippen LogP contribution in [-0.2, 0) is 9.53 Å². The predicted molar refractivity (Wildman–Crippen MR) is 82.3 cm³/mol. The molecule has 2 rings (SSSR count). The number of carbonyl (C=O) groups is 1. The Morgan fingerprint density at radius 1 is 1.57 bits per heavy atom. The van der Waals surface area contributed by atoms with E-state index in [-0.39, 0.29) is 23.4 Å². The number of carbonyl (C=O) groups excluding carboxylic acids is 1. The Kier molecular flexibility index (Phi) is 4.78. The van der Waals surface area contributed by atoms with Gasteiger partial charge in [-0.25, -0.2) is 0 Å². The fraction of sp³-hybridized carbons (Fsp3) is 0.722. The highest BCUT2D eigenvalue weighted by Gasteiger charge is 2.50. The molecule has 0 aromatic rings. The molecule has 0 aliphatic heterocycles. The molecule has 1 N–H and O–H groups in total. The number of rotatable bonds is 3. The second kappa shape index (κ2) is 6.23. The molecule has 1 unspecified atom stereocenters. The molecule has 0 amide bonds. The second-order valence-electron chi connectivity index (χ2n) is 6.59. The molecule has 0 aromatic heterocycles. The number of hydrogen-bond donors (Lipinski definition) is 1. The van der Waals surface area contributed by atoms with Crippen molar-refractivity contribution in [3.8, 4) is 11.8 Å². The van der Waals surface area contributed by atoms with E-state index in [4.69, 9.17) is 4.74 Å². The van der Waals surface area contributed by atoms with Crippen LogP contribution in [0.2, 0.25) is 0 Å². The number of esters is 1. The highest BCUT2D eigenvalue weighted by Crippen LogP contribution is 2.55. The van der Waals surface area contributed by atoms with Crippen LogP contribution >= 0.6 is 0 Å². The van der Waals surface area contributed by atoms with Gasteiger partial charge < -0.3 is 9.84 Å². The third kappa shape index (κ3) is 3.01. The summed E-state index contributed by atoms with van der Waals surface area (Å²) in [5.41, 5.74) is 1.31. The van der Waals surface area contributed by atoms with Crippen molar-refractivity contribution in [3.63, 3.8) is 0 Å². The smallest absolute Gasteiger partial charge is 0.302 e. The minimum Gasteiger partial charge on any atom is -0.462 e. The fourth-order valence-electron chi connectivity index (χ4n) is 4.23. The predicted octanol–water partition coefficient (Wildman–Crippen LogP) is 3.07. The summed E-state index contributed by atoms with van der Waals surface area (Å²) in [6, 6.07) is 0. The molecule has 2 aliphatic carbocycles. The maximum Gasteiger partial charge on any atom is 0.302 e. The van der Waals surface area contributed by atoms with Gasteiger partial charge in [0.2, 0.25) is 0 Å². The van der Waals surface area contributed by atoms with Gasteiger partial charge in [-0.15, -0.1) is 5.92 Å². The van der Waals surface area contributed by atoms with E-state index in [1.165, 1.54) is 12.5 Å². The van der Waals surface area contributed by atoms with Crippen molar-refractivity contribution < 1.29 is 14.6 Å². The van der Waals surface area contributed by atoms with E-state index in [1.54, 1.807) is 6.92 Å². The highest BCUT2D eigenvalue weighted by atomic mass is 16.5. The molecule has 0 bridgehead atoms. The van der Waals surface area contributed by atoms with Crippen LogP contribution in [0.3, 0.4) is 0 Å². The number of allylic oxidation sites excluding steroid dienone is 1. The van der Waals surface area contributed by atoms with Crippen LogP contribution in [0.25, 0.3) is 0 Å². The first-order chi connectivity index (χ1) is 9.90. The lowest BCUT2D eigenvalue weighted by molar-refractivity contribution is -0.153. The van der Waals surface area contributed by atoms with Crippen LogP contribution in [0.1, 0.15) is 53.4 Å². The Labute approximate surface area is 127 Å². The van der Waals surface area contributed by atoms with Crippen molar-refractivity contribution in [1.82, 2.24) is 0 Å². The number of aliphatic hydroxyl groups excluding tert-OH is 1. The van der Waals surface area contributed by atoms with Crippen LogP contribution < -0.4 is 0 Å². The molecule has 21 heavy (non-hydrogen) atoms. The maximum absolute atomic E-state index is 11.3. The molecule has 116 valence electrons. The number of aliphatic hydroxyl groups is 1. The van der Waals surface area contributed by atoms with E-state index in [9.17, 15) is 9.90 Å². The van der Waals surface area contributed by atoms with Gasteiger partial charge in [-0.2, -0.15) is 0 Å². The molecule has 0 heterocycles. The van der Waals surface area contributed by atoms with Gasteiger partial charge in [0.1, 0.15) is 12.2 Å². The van der Waals surface area contributed by atoms with Gasteiger partial charge in [-0.1, -0.05) is 31.4 Å². The number of hydrogen-bond acceptors (Lipinski definition) is 3. The van der Waals surface area contributed by atoms with Crippen LogP contribution in [0.15, 0.2) is 11.6 Å². The lowest BCUT2D eigenvalue weighted by Crippen LogP contribution is -2.42. The van der Waals surface area contributed by atoms with Gasteiger partial charge in [0.05, 0.1) is 0 Å². The van der Waals surface area contributed by atoms with E-state index in [1.807, 2.05) is 6.92 Å². The zero-order valence-corrected chi connectivity index (χ0v) is 13.5. The molecule has 0 aromatic carbocycles. The third-order valence-corrected chi connectivity index (χ3v) is 5.28. The Hall–Kier alpha value is -1.27. The SMILES string of the molecule is CC#CC(O)[C@H](C)C1=CC[C@H]2[C@@H](OC(C)=O)CCC[C@]12C. The van der Waals surface area contributed by atoms with Crippen LogP contribution in [0, 0.1) is 29.1 Å². The van der Waals surface area contributed by atoms with Crippen molar-refractivity contribution in [2.75, 3.05) is 0 Å². The van der Waals surface area contributed by atoms with Gasteiger partial charge in [0.15, 0.2) is 0 Å². The molecule has 0 saturated heterocycles. The second-order valence-corrected chi connectivity index (χ2v) is 6.59. The maximum atomic E-state index is 11.3. The Morgan fingerprint density at radius 3 is 2.90 bits per heavy atom. The van der Waals surface area contributed by atoms with E-state index >= 15 is 0 Å². The zero-order chi connectivity index (χ0) is 15.6. The van der Waals surface area contributed by atoms with E-state index < -0.39 is 6.10 Å². The van der Waals surface area contributed by atoms with Gasteiger partial charge in [-0.3, -0.25) is 4.79 Å². The standard InChI is InChI=1S/C18H26O3/c1-5-7-16(20)12(2)14-9-10-15-17(21-13(3)19)8-6-11-18(14,15)4/h9,12,15-17,20H,6,8,10-11H2,1-4H3/t12-,15+,16?,17+,18-/m1/s1. The topological polar surface area (TPSA) is 46.5 Å². The molecule has 0 spiro atoms. The highest BCUT2D eigenvalue weighted by molar-refractivity contribution is 5.66. The van der Waals surface area contributed by atoms with E-state index in [0.29, 0.717) is 5.92 Å². The summed E-state index contributed by atoms with van der Waals surface area (Å²) in [6.07, 6.45) is 5.68. The summed E-state index contributed by atoms with van der Waals surface area (Å²) in [4.78, 5) is 11.3. The van der Waals surface area contributed by atoms with Crippen LogP contribution in [0.5, 0.6) is 0 Å². The van der Waals surface area contributed by atoms with Crippen LogP contribution in [0.4, 0.5) is 0 Å². The van der Waals surface area contributed by atoms with Crippen molar-refractivity contribution >= 4 is 5.97 Å². The molecule has 3 nitrogen and oxygen atoms in total. The minimum atomic E-state index is -0.620. The van der Waals surface area contributed by atoms with Crippen molar-refractivity contribution in [1.29, 1.82) is 0 Å². The summed E-state index contributed by atoms with van der Waals surface area (Å²) in [7, 11) is 0. The molecule has 5 atom stereocenters. The first kappa shape index (κ1) is 16.1. The molecule has 0 radical (unpaired) electrons. The van der Waals surface area contributed by atoms with E-state index in [0.717, 1.165) is 25.7 Å². The average molecular weight is 290 g/mol. The van der Waals surface area contributed by atoms with Crippen molar-refractivity contribution in [2.45, 2.75) is 65.6 Å². The van der Waals surface area contributed by atoms with E-state index in [2.05, 4.69) is 24.8 Å². The average Bonchev–Trinajstić information content (AvgIpc) is 2.75. The lowest BCUT2D eigenvalue weighted by Gasteiger charge is -2.44. The summed E-state index contributed by atoms with van der Waals surface area (Å²) in [5, 5.41) is 10.2. The summed E-state index contributed by atoms with van der Waals surface area (Å²) >= 11 is 0. The molecule has 1 saturated carbocycles. The Bertz CT molecular complexity index is 496.